The third kappa shape index (κ3) is 4.47. The number of hydrogen-bond donors (Lipinski definition) is 0. The predicted molar refractivity (Wildman–Crippen MR) is 133 cm³/mol. The molecule has 1 amide bonds. The third-order valence-corrected chi connectivity index (χ3v) is 6.17. The SMILES string of the molecule is CCOc1ccc(-c2ccc3ncnc(-c4cccc(C(=O)N5CCN(C)CC5)c4)c3c2)cn1. The summed E-state index contributed by atoms with van der Waals surface area (Å²) in [6.07, 6.45) is 3.38. The van der Waals surface area contributed by atoms with E-state index in [9.17, 15) is 4.79 Å². The molecule has 1 saturated heterocycles. The lowest BCUT2D eigenvalue weighted by molar-refractivity contribution is 0.0664. The second-order valence-corrected chi connectivity index (χ2v) is 8.45. The summed E-state index contributed by atoms with van der Waals surface area (Å²) in [7, 11) is 2.08. The maximum absolute atomic E-state index is 13.1. The van der Waals surface area contributed by atoms with E-state index in [1.165, 1.54) is 0 Å². The lowest BCUT2D eigenvalue weighted by atomic mass is 10.00. The van der Waals surface area contributed by atoms with Gasteiger partial charge in [0.05, 0.1) is 17.8 Å². The standard InChI is InChI=1S/C27H27N5O2/c1-3-34-25-10-8-22(17-28-25)19-7-9-24-23(16-19)26(30-18-29-24)20-5-4-6-21(15-20)27(33)32-13-11-31(2)12-14-32/h4-10,15-18H,3,11-14H2,1-2H3. The molecule has 1 aliphatic rings. The highest BCUT2D eigenvalue weighted by Gasteiger charge is 2.21. The van der Waals surface area contributed by atoms with Gasteiger partial charge in [0, 0.05) is 60.5 Å². The average Bonchev–Trinajstić information content (AvgIpc) is 2.89. The molecule has 1 aliphatic heterocycles. The van der Waals surface area contributed by atoms with Gasteiger partial charge in [-0.15, -0.1) is 0 Å². The van der Waals surface area contributed by atoms with Crippen LogP contribution in [0, 0.1) is 0 Å². The van der Waals surface area contributed by atoms with Crippen molar-refractivity contribution < 1.29 is 9.53 Å². The van der Waals surface area contributed by atoms with Crippen molar-refractivity contribution in [2.75, 3.05) is 39.8 Å². The molecule has 172 valence electrons. The molecule has 0 aliphatic carbocycles. The molecule has 0 bridgehead atoms. The van der Waals surface area contributed by atoms with E-state index in [-0.39, 0.29) is 5.91 Å². The van der Waals surface area contributed by atoms with Gasteiger partial charge in [-0.25, -0.2) is 15.0 Å². The molecule has 1 fully saturated rings. The molecule has 0 atom stereocenters. The number of piperazine rings is 1. The van der Waals surface area contributed by atoms with Crippen LogP contribution in [0.5, 0.6) is 5.88 Å². The van der Waals surface area contributed by atoms with E-state index in [1.54, 1.807) is 6.33 Å². The summed E-state index contributed by atoms with van der Waals surface area (Å²) < 4.78 is 5.46. The molecule has 34 heavy (non-hydrogen) atoms. The molecule has 0 unspecified atom stereocenters. The minimum atomic E-state index is 0.0643. The number of benzene rings is 2. The molecular formula is C27H27N5O2. The number of carbonyl (C=O) groups excluding carboxylic acids is 1. The van der Waals surface area contributed by atoms with Crippen molar-refractivity contribution in [2.45, 2.75) is 6.92 Å². The zero-order valence-electron chi connectivity index (χ0n) is 19.4. The average molecular weight is 454 g/mol. The number of likely N-dealkylation sites (N-methyl/N-ethyl adjacent to an activating group) is 1. The lowest BCUT2D eigenvalue weighted by Crippen LogP contribution is -2.47. The van der Waals surface area contributed by atoms with Crippen LogP contribution in [0.4, 0.5) is 0 Å². The minimum absolute atomic E-state index is 0.0643. The fourth-order valence-electron chi connectivity index (χ4n) is 4.24. The molecule has 0 saturated carbocycles. The molecule has 0 spiro atoms. The Morgan fingerprint density at radius 3 is 2.50 bits per heavy atom. The van der Waals surface area contributed by atoms with Crippen molar-refractivity contribution in [1.82, 2.24) is 24.8 Å². The monoisotopic (exact) mass is 453 g/mol. The number of nitrogens with zero attached hydrogens (tertiary/aromatic N) is 5. The van der Waals surface area contributed by atoms with Crippen LogP contribution in [0.25, 0.3) is 33.3 Å². The number of carbonyl (C=O) groups is 1. The summed E-state index contributed by atoms with van der Waals surface area (Å²) in [5.74, 6) is 0.673. The first-order valence-electron chi connectivity index (χ1n) is 11.5. The highest BCUT2D eigenvalue weighted by atomic mass is 16.5. The van der Waals surface area contributed by atoms with E-state index in [0.29, 0.717) is 18.1 Å². The lowest BCUT2D eigenvalue weighted by Gasteiger charge is -2.32. The van der Waals surface area contributed by atoms with Gasteiger partial charge >= 0.3 is 0 Å². The number of aromatic nitrogens is 3. The molecule has 5 rings (SSSR count). The molecule has 7 heteroatoms. The molecule has 0 radical (unpaired) electrons. The van der Waals surface area contributed by atoms with Gasteiger partial charge in [0.1, 0.15) is 6.33 Å². The number of hydrogen-bond acceptors (Lipinski definition) is 6. The van der Waals surface area contributed by atoms with Crippen LogP contribution in [0.2, 0.25) is 0 Å². The molecule has 0 N–H and O–H groups in total. The van der Waals surface area contributed by atoms with Gasteiger partial charge in [0.2, 0.25) is 5.88 Å². The summed E-state index contributed by atoms with van der Waals surface area (Å²) in [4.78, 5) is 30.7. The van der Waals surface area contributed by atoms with Crippen molar-refractivity contribution >= 4 is 16.8 Å². The summed E-state index contributed by atoms with van der Waals surface area (Å²) in [6.45, 7) is 5.80. The summed E-state index contributed by atoms with van der Waals surface area (Å²) in [5, 5.41) is 0.929. The van der Waals surface area contributed by atoms with Gasteiger partial charge in [0.15, 0.2) is 0 Å². The smallest absolute Gasteiger partial charge is 0.253 e. The Kier molecular flexibility index (Phi) is 6.18. The van der Waals surface area contributed by atoms with Crippen molar-refractivity contribution in [1.29, 1.82) is 0 Å². The van der Waals surface area contributed by atoms with E-state index >= 15 is 0 Å². The first-order valence-corrected chi connectivity index (χ1v) is 11.5. The Morgan fingerprint density at radius 2 is 1.74 bits per heavy atom. The number of ether oxygens (including phenoxy) is 1. The number of rotatable bonds is 5. The normalized spacial score (nSPS) is 14.4. The van der Waals surface area contributed by atoms with Crippen LogP contribution in [0.3, 0.4) is 0 Å². The van der Waals surface area contributed by atoms with Gasteiger partial charge in [-0.3, -0.25) is 4.79 Å². The topological polar surface area (TPSA) is 71.5 Å². The fraction of sp³-hybridized carbons (Fsp3) is 0.259. The number of fused-ring (bicyclic) bond motifs is 1. The zero-order valence-corrected chi connectivity index (χ0v) is 19.4. The van der Waals surface area contributed by atoms with Crippen molar-refractivity contribution in [3.63, 3.8) is 0 Å². The Morgan fingerprint density at radius 1 is 0.912 bits per heavy atom. The second kappa shape index (κ2) is 9.57. The van der Waals surface area contributed by atoms with Gasteiger partial charge in [-0.1, -0.05) is 18.2 Å². The van der Waals surface area contributed by atoms with E-state index in [0.717, 1.165) is 59.5 Å². The molecule has 4 aromatic rings. The fourth-order valence-corrected chi connectivity index (χ4v) is 4.24. The molecule has 7 nitrogen and oxygen atoms in total. The van der Waals surface area contributed by atoms with Gasteiger partial charge < -0.3 is 14.5 Å². The molecule has 2 aromatic heterocycles. The van der Waals surface area contributed by atoms with Crippen molar-refractivity contribution in [2.24, 2.45) is 0 Å². The van der Waals surface area contributed by atoms with Crippen LogP contribution in [0.1, 0.15) is 17.3 Å². The van der Waals surface area contributed by atoms with E-state index in [1.807, 2.05) is 66.6 Å². The summed E-state index contributed by atoms with van der Waals surface area (Å²) >= 11 is 0. The van der Waals surface area contributed by atoms with Crippen molar-refractivity contribution in [3.8, 4) is 28.3 Å². The van der Waals surface area contributed by atoms with E-state index < -0.39 is 0 Å². The van der Waals surface area contributed by atoms with Crippen LogP contribution in [-0.4, -0.2) is 70.5 Å². The second-order valence-electron chi connectivity index (χ2n) is 8.45. The van der Waals surface area contributed by atoms with Gasteiger partial charge in [-0.2, -0.15) is 0 Å². The maximum atomic E-state index is 13.1. The van der Waals surface area contributed by atoms with Crippen molar-refractivity contribution in [3.05, 3.63) is 72.7 Å². The van der Waals surface area contributed by atoms with Crippen LogP contribution in [0.15, 0.2) is 67.1 Å². The highest BCUT2D eigenvalue weighted by Crippen LogP contribution is 2.30. The third-order valence-electron chi connectivity index (χ3n) is 6.17. The summed E-state index contributed by atoms with van der Waals surface area (Å²) in [6, 6.07) is 17.7. The molecular weight excluding hydrogens is 426 g/mol. The Balaban J connectivity index is 1.49. The molecule has 2 aromatic carbocycles. The first kappa shape index (κ1) is 22.0. The predicted octanol–water partition coefficient (Wildman–Crippen LogP) is 4.15. The van der Waals surface area contributed by atoms with Crippen LogP contribution < -0.4 is 4.74 Å². The Hall–Kier alpha value is -3.84. The Bertz CT molecular complexity index is 1310. The van der Waals surface area contributed by atoms with Crippen LogP contribution in [-0.2, 0) is 0 Å². The van der Waals surface area contributed by atoms with Crippen LogP contribution >= 0.6 is 0 Å². The van der Waals surface area contributed by atoms with E-state index in [4.69, 9.17) is 4.74 Å². The van der Waals surface area contributed by atoms with E-state index in [2.05, 4.69) is 33.0 Å². The quantitative estimate of drug-likeness (QED) is 0.452. The zero-order chi connectivity index (χ0) is 23.5. The Labute approximate surface area is 199 Å². The molecule has 3 heterocycles. The maximum Gasteiger partial charge on any atom is 0.253 e. The highest BCUT2D eigenvalue weighted by molar-refractivity contribution is 5.98. The largest absolute Gasteiger partial charge is 0.478 e. The summed E-state index contributed by atoms with van der Waals surface area (Å²) in [5.41, 5.74) is 5.24. The van der Waals surface area contributed by atoms with Gasteiger partial charge in [0.25, 0.3) is 5.91 Å². The first-order chi connectivity index (χ1) is 16.6. The number of amides is 1. The van der Waals surface area contributed by atoms with Gasteiger partial charge in [-0.05, 0) is 49.9 Å². The minimum Gasteiger partial charge on any atom is -0.478 e. The number of pyridine rings is 1.